The van der Waals surface area contributed by atoms with E-state index in [0.29, 0.717) is 16.6 Å². The molecule has 47 nitrogen and oxygen atoms in total. The Morgan fingerprint density at radius 2 is 0.610 bits per heavy atom. The summed E-state index contributed by atoms with van der Waals surface area (Å²) >= 11 is 0. The van der Waals surface area contributed by atoms with Crippen LogP contribution in [0.5, 0.6) is 0 Å². The third-order valence-corrected chi connectivity index (χ3v) is 24.4. The zero-order valence-corrected chi connectivity index (χ0v) is 64.4. The maximum absolute atomic E-state index is 13.9. The maximum Gasteiger partial charge on any atom is 0.321 e. The number of aliphatic hydroxyl groups is 22. The first-order valence-electron chi connectivity index (χ1n) is 37.3. The predicted molar refractivity (Wildman–Crippen MR) is 376 cm³/mol. The lowest BCUT2D eigenvalue weighted by Crippen LogP contribution is -2.69. The molecule has 30 heterocycles. The normalized spacial score (nSPS) is 44.5. The molecule has 0 unspecified atom stereocenters. The Morgan fingerprint density at radius 3 is 0.898 bits per heavy atom. The van der Waals surface area contributed by atoms with Crippen molar-refractivity contribution >= 4 is 42.6 Å². The fraction of sp³-hybridized carbons (Fsp3) is 0.754. The molecule has 0 aromatic heterocycles. The Bertz CT molecular complexity index is 3990. The van der Waals surface area contributed by atoms with Crippen LogP contribution < -0.4 is 9.62 Å². The van der Waals surface area contributed by atoms with Crippen molar-refractivity contribution in [3.05, 3.63) is 66.2 Å². The van der Waals surface area contributed by atoms with Gasteiger partial charge in [0, 0.05) is 30.6 Å². The van der Waals surface area contributed by atoms with Crippen molar-refractivity contribution in [3.63, 3.8) is 0 Å². The first kappa shape index (κ1) is 92.7. The van der Waals surface area contributed by atoms with E-state index in [9.17, 15) is 134 Å². The van der Waals surface area contributed by atoms with Crippen LogP contribution in [0.15, 0.2) is 70.5 Å². The Labute approximate surface area is 670 Å². The molecule has 668 valence electrons. The van der Waals surface area contributed by atoms with E-state index in [0.717, 1.165) is 12.1 Å². The smallest absolute Gasteiger partial charge is 0.321 e. The number of hydrogen-bond donors (Lipinski definition) is 23. The quantitative estimate of drug-likeness (QED) is 0.0441. The molecule has 0 radical (unpaired) electrons. The van der Waals surface area contributed by atoms with Gasteiger partial charge in [0.1, 0.15) is 208 Å². The number of fused-ring (bicyclic) bond motifs is 1. The Hall–Kier alpha value is -4.51. The summed E-state index contributed by atoms with van der Waals surface area (Å²) in [5.74, 6) is -1.36. The molecule has 3 aromatic carbocycles. The number of carbonyl (C=O) groups is 1. The highest BCUT2D eigenvalue weighted by atomic mass is 32.2. The van der Waals surface area contributed by atoms with Gasteiger partial charge in [0.2, 0.25) is 10.0 Å². The molecule has 0 saturated carbocycles. The zero-order chi connectivity index (χ0) is 85.6. The summed E-state index contributed by atoms with van der Waals surface area (Å²) in [6, 6.07) is 14.4. The topological polar surface area (TPSA) is 712 Å². The fourth-order valence-corrected chi connectivity index (χ4v) is 17.3. The molecule has 30 fully saturated rings. The van der Waals surface area contributed by atoms with Crippen molar-refractivity contribution in [2.75, 3.05) is 78.4 Å². The summed E-state index contributed by atoms with van der Waals surface area (Å²) in [6.45, 7) is -8.90. The van der Waals surface area contributed by atoms with E-state index in [1.54, 1.807) is 44.1 Å². The minimum atomic E-state index is -4.83. The second-order valence-corrected chi connectivity index (χ2v) is 33.0. The molecular weight excluding hydrogens is 1640 g/mol. The van der Waals surface area contributed by atoms with Crippen molar-refractivity contribution in [3.8, 4) is 0 Å². The van der Waals surface area contributed by atoms with Crippen LogP contribution in [-0.2, 0) is 110 Å². The summed E-state index contributed by atoms with van der Waals surface area (Å²) in [4.78, 5) is 14.8. The number of benzene rings is 3. The fourth-order valence-electron chi connectivity index (χ4n) is 15.2. The maximum atomic E-state index is 13.9. The summed E-state index contributed by atoms with van der Waals surface area (Å²) < 4.78 is 162. The summed E-state index contributed by atoms with van der Waals surface area (Å²) in [5.41, 5.74) is 1.25. The van der Waals surface area contributed by atoms with Crippen LogP contribution in [0, 0.1) is 6.92 Å². The molecule has 30 aliphatic heterocycles. The number of carbonyl (C=O) groups excluding carboxylic acids is 1. The van der Waals surface area contributed by atoms with Gasteiger partial charge in [0.15, 0.2) is 50.3 Å². The number of aryl methyl sites for hydroxylation is 1. The number of rotatable bonds is 17. The van der Waals surface area contributed by atoms with E-state index >= 15 is 0 Å². The highest BCUT2D eigenvalue weighted by molar-refractivity contribution is 7.89. The minimum Gasteiger partial charge on any atom is -0.462 e. The van der Waals surface area contributed by atoms with Crippen LogP contribution in [-0.4, -0.2) is 454 Å². The molecule has 40 atom stereocenters. The van der Waals surface area contributed by atoms with Crippen LogP contribution in [0.3, 0.4) is 0 Å². The van der Waals surface area contributed by atoms with E-state index in [4.69, 9.17) is 84.7 Å². The van der Waals surface area contributed by atoms with Crippen LogP contribution in [0.2, 0.25) is 0 Å². The molecule has 33 rings (SSSR count). The van der Waals surface area contributed by atoms with Gasteiger partial charge >= 0.3 is 5.97 Å². The van der Waals surface area contributed by atoms with Crippen molar-refractivity contribution in [1.29, 1.82) is 0 Å². The van der Waals surface area contributed by atoms with Gasteiger partial charge in [-0.2, -0.15) is 13.1 Å². The molecule has 118 heavy (non-hydrogen) atoms. The third kappa shape index (κ3) is 19.2. The summed E-state index contributed by atoms with van der Waals surface area (Å²) in [7, 11) is -5.94. The number of nitrogens with zero attached hydrogens (tertiary/aromatic N) is 1. The number of ether oxygens (including phenoxy) is 17. The van der Waals surface area contributed by atoms with Crippen molar-refractivity contribution in [1.82, 2.24) is 4.72 Å². The first-order valence-corrected chi connectivity index (χ1v) is 40.2. The average molecular weight is 1740 g/mol. The van der Waals surface area contributed by atoms with Gasteiger partial charge in [0.05, 0.1) is 56.0 Å². The first-order chi connectivity index (χ1) is 56.0. The highest BCUT2D eigenvalue weighted by Crippen LogP contribution is 2.41. The van der Waals surface area contributed by atoms with Gasteiger partial charge in [-0.3, -0.25) is 8.98 Å². The number of hydrogen-bond acceptors (Lipinski definition) is 46. The highest BCUT2D eigenvalue weighted by Gasteiger charge is 2.61. The second kappa shape index (κ2) is 38.9. The van der Waals surface area contributed by atoms with Crippen LogP contribution in [0.1, 0.15) is 5.56 Å². The second-order valence-electron chi connectivity index (χ2n) is 29.7. The Kier molecular flexibility index (Phi) is 30.6. The molecule has 0 spiro atoms. The SMILES string of the molecule is Cc1ccc(S(=O)(=O)OC[C@H]2O[C@@H]3O[C@H]4[C@@H](O)[C@H](O)[C@@H](O[C@H]5[C@H](O)[C@@H](O)[C@@H](O[C@H]6[C@H](O)[C@@H](O)[C@@H](O[C@H]7[C@H](O)[C@@H](O)[C@@H](O[C@H]8[C@H](O)[C@@H](O)[C@@H](O[C@H]9[C@@H](O)[C@H](O)[C@@H](O[C@H]%10[C@@H](O)[C@H](O)[C@@H](O[C@H]2[C@H](O)[C@H]3O)O[C@@H]%10CO)O[C@@H]9CO)O[C@@H]8CO)O[C@@H]7CO)O[C@@H]6CO)O[C@@H]5COC(=O)CNS(=O)(=O)c2cccc3c(N(C)C)cccc23)O[C@@H]4CO)cc1. The molecule has 49 heteroatoms. The molecular formula is C69H100N2O45S2. The average Bonchev–Trinajstić information content (AvgIpc) is 0.774. The Balaban J connectivity index is 0.844. The molecule has 3 aromatic rings. The summed E-state index contributed by atoms with van der Waals surface area (Å²) in [6.07, 6.45) is -88.4. The van der Waals surface area contributed by atoms with Crippen LogP contribution in [0.4, 0.5) is 5.69 Å². The van der Waals surface area contributed by atoms with E-state index in [-0.39, 0.29) is 10.3 Å². The number of aliphatic hydroxyl groups excluding tert-OH is 22. The zero-order valence-electron chi connectivity index (χ0n) is 62.7. The molecule has 16 bridgehead atoms. The standard InChI is InChI=1S/C69H100N2O45S2/c1-23-10-12-24(13-11-23)118(97,98)100-22-35-61-45(86)53(94)69(108-35)114-59-33(20-77)105-66(50(91)43(59)84)115-60-34(21-99-37(78)14-70-117(95,96)36-9-5-6-25-26(36)7-4-8-27(25)71(2)3)107-68(52(93)44(60)85)113-58-32(19-76)104-65(49(90)41(58)82)111-56-30(17-74)102-63(47(88)39(56)80)109-54-28(15-72)101-62(46(87)38(54)79)110-55-29(16-73)103-64(48(89)40(55)81)112-57-31(18-75)106-67(116-61)51(92)42(57)83/h4-13,28-35,38-70,72-77,79-94H,14-22H2,1-3H3/t28-,29-,30-,31-,32-,33-,34-,35-,38-,39-,40+,41-,42+,43+,44-,45-,46-,47-,48+,49-,50+,51+,52-,53-,54-,55-,56-,57-,58-,59-,60-,61-,62-,63-,64-,65-,66-,67-,68-,69-/m1/s1. The van der Waals surface area contributed by atoms with Crippen molar-refractivity contribution < 1.29 is 219 Å². The lowest BCUT2D eigenvalue weighted by atomic mass is 9.94. The van der Waals surface area contributed by atoms with E-state index in [1.165, 1.54) is 30.3 Å². The van der Waals surface area contributed by atoms with Gasteiger partial charge in [-0.25, -0.2) is 8.42 Å². The predicted octanol–water partition coefficient (Wildman–Crippen LogP) is -13.9. The van der Waals surface area contributed by atoms with E-state index in [2.05, 4.69) is 4.72 Å². The number of sulfonamides is 1. The number of esters is 1. The largest absolute Gasteiger partial charge is 0.462 e. The molecule has 0 aliphatic carbocycles. The van der Waals surface area contributed by atoms with Gasteiger partial charge in [-0.15, -0.1) is 0 Å². The monoisotopic (exact) mass is 1740 g/mol. The Morgan fingerprint density at radius 1 is 0.347 bits per heavy atom. The molecule has 0 amide bonds. The van der Waals surface area contributed by atoms with Crippen LogP contribution in [0.25, 0.3) is 10.8 Å². The van der Waals surface area contributed by atoms with Gasteiger partial charge in [-0.1, -0.05) is 42.0 Å². The summed E-state index contributed by atoms with van der Waals surface area (Å²) in [5, 5.41) is 253. The van der Waals surface area contributed by atoms with E-state index < -0.39 is 336 Å². The van der Waals surface area contributed by atoms with Crippen molar-refractivity contribution in [2.45, 2.75) is 262 Å². The van der Waals surface area contributed by atoms with Crippen LogP contribution >= 0.6 is 0 Å². The molecule has 23 N–H and O–H groups in total. The lowest BCUT2D eigenvalue weighted by molar-refractivity contribution is -0.404. The minimum absolute atomic E-state index is 0.252. The van der Waals surface area contributed by atoms with Gasteiger partial charge < -0.3 is 198 Å². The van der Waals surface area contributed by atoms with Gasteiger partial charge in [-0.05, 0) is 31.2 Å². The number of nitrogens with one attached hydrogen (secondary N) is 1. The number of anilines is 1. The molecule has 30 saturated heterocycles. The third-order valence-electron chi connectivity index (χ3n) is 21.7. The lowest BCUT2D eigenvalue weighted by Gasteiger charge is -2.50. The van der Waals surface area contributed by atoms with E-state index in [1.807, 2.05) is 0 Å². The van der Waals surface area contributed by atoms with Gasteiger partial charge in [0.25, 0.3) is 10.1 Å². The van der Waals surface area contributed by atoms with Crippen molar-refractivity contribution in [2.24, 2.45) is 0 Å². The molecule has 30 aliphatic rings.